The lowest BCUT2D eigenvalue weighted by atomic mass is 9.85. The largest absolute Gasteiger partial charge is 0.472 e. The van der Waals surface area contributed by atoms with Crippen molar-refractivity contribution in [3.8, 4) is 0 Å². The van der Waals surface area contributed by atoms with Crippen molar-refractivity contribution in [1.82, 2.24) is 0 Å². The van der Waals surface area contributed by atoms with Crippen molar-refractivity contribution in [1.29, 1.82) is 0 Å². The standard InChI is InChI=1S/C42H81O13P/c1-3-5-7-9-11-13-15-17-19-21-23-25-27-29-31-36(44)54-34(33-53-56(50,51)55-42-40(48)38(46)37(45)39(47)41(42)49)32-52-35(43)30-28-26-24-22-20-18-16-14-12-10-8-6-4-2/h34,37-42,45-49H,3-33H2,1-2H3,(H,50,51)/t34-,37?,38-,39?,40?,41?,42?/m1/s1. The van der Waals surface area contributed by atoms with E-state index in [1.807, 2.05) is 0 Å². The number of hydrogen-bond donors (Lipinski definition) is 6. The fourth-order valence-corrected chi connectivity index (χ4v) is 8.03. The molecule has 0 aromatic carbocycles. The zero-order valence-corrected chi connectivity index (χ0v) is 35.8. The second kappa shape index (κ2) is 33.7. The third-order valence-corrected chi connectivity index (χ3v) is 11.7. The SMILES string of the molecule is CCCCCCCCCCCCCCCCC(=O)O[C@H](COC(=O)CCCCCCCCCCCCCCC)COP(=O)(O)OC1C(O)C(O)C(O)[C@@H](O)C1O. The number of ether oxygens (including phenoxy) is 2. The molecule has 1 aliphatic carbocycles. The first-order valence-corrected chi connectivity index (χ1v) is 23.8. The molecule has 1 rings (SSSR count). The highest BCUT2D eigenvalue weighted by Crippen LogP contribution is 2.47. The number of aliphatic hydroxyl groups is 5. The molecule has 8 atom stereocenters. The van der Waals surface area contributed by atoms with Crippen LogP contribution in [0.2, 0.25) is 0 Å². The smallest absolute Gasteiger partial charge is 0.462 e. The highest BCUT2D eigenvalue weighted by molar-refractivity contribution is 7.47. The van der Waals surface area contributed by atoms with E-state index in [0.29, 0.717) is 12.8 Å². The molecule has 0 aromatic heterocycles. The molecule has 6 N–H and O–H groups in total. The minimum atomic E-state index is -5.11. The summed E-state index contributed by atoms with van der Waals surface area (Å²) >= 11 is 0. The van der Waals surface area contributed by atoms with Gasteiger partial charge in [-0.25, -0.2) is 4.57 Å². The minimum Gasteiger partial charge on any atom is -0.462 e. The van der Waals surface area contributed by atoms with Gasteiger partial charge < -0.3 is 39.9 Å². The van der Waals surface area contributed by atoms with Gasteiger partial charge in [-0.1, -0.05) is 174 Å². The lowest BCUT2D eigenvalue weighted by Gasteiger charge is -2.41. The Morgan fingerprint density at radius 2 is 0.804 bits per heavy atom. The van der Waals surface area contributed by atoms with Crippen molar-refractivity contribution < 1.29 is 63.1 Å². The number of phosphoric ester groups is 1. The minimum absolute atomic E-state index is 0.104. The molecule has 0 aromatic rings. The van der Waals surface area contributed by atoms with E-state index in [2.05, 4.69) is 13.8 Å². The van der Waals surface area contributed by atoms with Gasteiger partial charge in [0.25, 0.3) is 0 Å². The van der Waals surface area contributed by atoms with Crippen LogP contribution in [0.3, 0.4) is 0 Å². The van der Waals surface area contributed by atoms with E-state index in [1.165, 1.54) is 122 Å². The maximum Gasteiger partial charge on any atom is 0.472 e. The molecule has 0 heterocycles. The van der Waals surface area contributed by atoms with Gasteiger partial charge in [0.05, 0.1) is 6.61 Å². The number of esters is 2. The summed E-state index contributed by atoms with van der Waals surface area (Å²) in [6.45, 7) is 3.30. The average Bonchev–Trinajstić information content (AvgIpc) is 3.18. The summed E-state index contributed by atoms with van der Waals surface area (Å²) in [4.78, 5) is 35.6. The number of carbonyl (C=O) groups is 2. The molecule has 0 spiro atoms. The summed E-state index contributed by atoms with van der Waals surface area (Å²) in [7, 11) is -5.11. The van der Waals surface area contributed by atoms with Crippen LogP contribution in [0.5, 0.6) is 0 Å². The monoisotopic (exact) mass is 825 g/mol. The van der Waals surface area contributed by atoms with Gasteiger partial charge in [-0.15, -0.1) is 0 Å². The molecule has 0 aliphatic heterocycles. The van der Waals surface area contributed by atoms with E-state index in [1.54, 1.807) is 0 Å². The van der Waals surface area contributed by atoms with Crippen LogP contribution < -0.4 is 0 Å². The summed E-state index contributed by atoms with van der Waals surface area (Å²) in [6.07, 6.45) is 18.7. The van der Waals surface area contributed by atoms with Crippen LogP contribution in [-0.2, 0) is 32.7 Å². The van der Waals surface area contributed by atoms with Gasteiger partial charge in [-0.2, -0.15) is 0 Å². The molecule has 56 heavy (non-hydrogen) atoms. The van der Waals surface area contributed by atoms with E-state index in [4.69, 9.17) is 18.5 Å². The molecule has 0 radical (unpaired) electrons. The summed E-state index contributed by atoms with van der Waals surface area (Å²) in [5.41, 5.74) is 0. The van der Waals surface area contributed by atoms with Crippen LogP contribution in [0, 0.1) is 0 Å². The molecule has 1 saturated carbocycles. The molecule has 14 heteroatoms. The van der Waals surface area contributed by atoms with Crippen molar-refractivity contribution in [2.75, 3.05) is 13.2 Å². The molecule has 13 nitrogen and oxygen atoms in total. The Bertz CT molecular complexity index is 1000. The lowest BCUT2D eigenvalue weighted by Crippen LogP contribution is -2.64. The van der Waals surface area contributed by atoms with Gasteiger partial charge in [0.2, 0.25) is 0 Å². The third-order valence-electron chi connectivity index (χ3n) is 10.7. The van der Waals surface area contributed by atoms with Crippen molar-refractivity contribution >= 4 is 19.8 Å². The summed E-state index contributed by atoms with van der Waals surface area (Å²) in [5.74, 6) is -1.09. The molecule has 0 bridgehead atoms. The van der Waals surface area contributed by atoms with Gasteiger partial charge in [0, 0.05) is 12.8 Å². The Morgan fingerprint density at radius 3 is 1.18 bits per heavy atom. The first-order valence-electron chi connectivity index (χ1n) is 22.3. The number of carbonyl (C=O) groups excluding carboxylic acids is 2. The Kier molecular flexibility index (Phi) is 31.8. The van der Waals surface area contributed by atoms with Crippen LogP contribution in [0.15, 0.2) is 0 Å². The highest BCUT2D eigenvalue weighted by atomic mass is 31.2. The summed E-state index contributed by atoms with van der Waals surface area (Å²) in [6, 6.07) is 0. The number of hydrogen-bond acceptors (Lipinski definition) is 12. The topological polar surface area (TPSA) is 210 Å². The Hall–Kier alpha value is -1.15. The number of rotatable bonds is 37. The maximum absolute atomic E-state index is 12.8. The van der Waals surface area contributed by atoms with Gasteiger partial charge in [-0.3, -0.25) is 18.6 Å². The molecule has 0 amide bonds. The molecule has 332 valence electrons. The first kappa shape index (κ1) is 52.9. The van der Waals surface area contributed by atoms with Gasteiger partial charge >= 0.3 is 19.8 Å². The fraction of sp³-hybridized carbons (Fsp3) is 0.952. The number of unbranched alkanes of at least 4 members (excludes halogenated alkanes) is 25. The number of aliphatic hydroxyl groups excluding tert-OH is 5. The predicted molar refractivity (Wildman–Crippen MR) is 217 cm³/mol. The van der Waals surface area contributed by atoms with Gasteiger partial charge in [0.15, 0.2) is 6.10 Å². The predicted octanol–water partition coefficient (Wildman–Crippen LogP) is 8.11. The number of phosphoric acid groups is 1. The molecule has 1 aliphatic rings. The van der Waals surface area contributed by atoms with E-state index < -0.39 is 75.7 Å². The molecule has 0 saturated heterocycles. The van der Waals surface area contributed by atoms with Gasteiger partial charge in [-0.05, 0) is 12.8 Å². The zero-order chi connectivity index (χ0) is 41.4. The second-order valence-electron chi connectivity index (χ2n) is 15.9. The zero-order valence-electron chi connectivity index (χ0n) is 34.9. The second-order valence-corrected chi connectivity index (χ2v) is 17.3. The van der Waals surface area contributed by atoms with Crippen molar-refractivity contribution in [3.63, 3.8) is 0 Å². The first-order chi connectivity index (χ1) is 26.9. The maximum atomic E-state index is 12.8. The molecular weight excluding hydrogens is 743 g/mol. The Labute approximate surface area is 338 Å². The van der Waals surface area contributed by atoms with E-state index in [0.717, 1.165) is 38.5 Å². The summed E-state index contributed by atoms with van der Waals surface area (Å²) in [5, 5.41) is 50.1. The van der Waals surface area contributed by atoms with Gasteiger partial charge in [0.1, 0.15) is 43.2 Å². The third kappa shape index (κ3) is 26.1. The van der Waals surface area contributed by atoms with Crippen LogP contribution >= 0.6 is 7.82 Å². The Balaban J connectivity index is 2.47. The van der Waals surface area contributed by atoms with E-state index >= 15 is 0 Å². The quantitative estimate of drug-likeness (QED) is 0.0199. The average molecular weight is 825 g/mol. The fourth-order valence-electron chi connectivity index (χ4n) is 7.05. The molecule has 1 fully saturated rings. The normalized spacial score (nSPS) is 22.8. The molecular formula is C42H81O13P. The van der Waals surface area contributed by atoms with Crippen molar-refractivity contribution in [2.45, 2.75) is 243 Å². The van der Waals surface area contributed by atoms with Crippen molar-refractivity contribution in [3.05, 3.63) is 0 Å². The van der Waals surface area contributed by atoms with Crippen LogP contribution in [0.1, 0.15) is 200 Å². The van der Waals surface area contributed by atoms with Crippen LogP contribution in [0.25, 0.3) is 0 Å². The van der Waals surface area contributed by atoms with Crippen LogP contribution in [-0.4, -0.2) is 98.3 Å². The Morgan fingerprint density at radius 1 is 0.482 bits per heavy atom. The van der Waals surface area contributed by atoms with E-state index in [9.17, 15) is 44.6 Å². The lowest BCUT2D eigenvalue weighted by molar-refractivity contribution is -0.220. The highest BCUT2D eigenvalue weighted by Gasteiger charge is 2.51. The van der Waals surface area contributed by atoms with Crippen LogP contribution in [0.4, 0.5) is 0 Å². The van der Waals surface area contributed by atoms with Crippen molar-refractivity contribution in [2.24, 2.45) is 0 Å². The summed E-state index contributed by atoms with van der Waals surface area (Å²) < 4.78 is 33.5. The molecule has 6 unspecified atom stereocenters. The van der Waals surface area contributed by atoms with E-state index in [-0.39, 0.29) is 12.8 Å².